The van der Waals surface area contributed by atoms with Crippen molar-refractivity contribution in [1.82, 2.24) is 0 Å². The monoisotopic (exact) mass is 155 g/mol. The number of hydrogen-bond acceptors (Lipinski definition) is 4. The van der Waals surface area contributed by atoms with Crippen LogP contribution in [0.3, 0.4) is 0 Å². The molecule has 0 bridgehead atoms. The first-order chi connectivity index (χ1) is 3.92. The molecule has 0 fully saturated rings. The lowest BCUT2D eigenvalue weighted by Gasteiger charge is -2.15. The van der Waals surface area contributed by atoms with Crippen LogP contribution in [0.25, 0.3) is 0 Å². The average Bonchev–Trinajstić information content (AvgIpc) is 1.59. The van der Waals surface area contributed by atoms with Crippen LogP contribution in [0.1, 0.15) is 6.92 Å². The molecular weight excluding hydrogens is 147 g/mol. The predicted octanol–water partition coefficient (Wildman–Crippen LogP) is -1.16. The third kappa shape index (κ3) is 8.07. The van der Waals surface area contributed by atoms with E-state index in [-0.39, 0.29) is 0 Å². The van der Waals surface area contributed by atoms with E-state index >= 15 is 0 Å². The molecule has 0 amide bonds. The van der Waals surface area contributed by atoms with E-state index in [1.54, 1.807) is 0 Å². The second-order valence-electron chi connectivity index (χ2n) is 1.61. The van der Waals surface area contributed by atoms with Gasteiger partial charge in [-0.3, -0.25) is 4.57 Å². The van der Waals surface area contributed by atoms with Gasteiger partial charge < -0.3 is 19.4 Å². The minimum atomic E-state index is -4.63. The Balaban J connectivity index is 3.40. The topological polar surface area (TPSA) is 89.8 Å². The van der Waals surface area contributed by atoms with Crippen molar-refractivity contribution < 1.29 is 24.0 Å². The molecule has 0 aliphatic heterocycles. The highest BCUT2D eigenvalue weighted by atomic mass is 31.2. The molecule has 0 rings (SSSR count). The maximum atomic E-state index is 9.79. The summed E-state index contributed by atoms with van der Waals surface area (Å²) in [6.45, 7) is 0.937. The van der Waals surface area contributed by atoms with Gasteiger partial charge in [0.2, 0.25) is 0 Å². The van der Waals surface area contributed by atoms with Crippen molar-refractivity contribution in [3.63, 3.8) is 0 Å². The summed E-state index contributed by atoms with van der Waals surface area (Å²) in [6, 6.07) is 0. The molecule has 6 heteroatoms. The van der Waals surface area contributed by atoms with Crippen molar-refractivity contribution in [2.75, 3.05) is 6.61 Å². The molecule has 56 valence electrons. The first-order valence-corrected chi connectivity index (χ1v) is 3.78. The van der Waals surface area contributed by atoms with E-state index in [2.05, 4.69) is 4.52 Å². The molecule has 0 aromatic carbocycles. The fraction of sp³-hybridized carbons (Fsp3) is 1.00. The summed E-state index contributed by atoms with van der Waals surface area (Å²) in [4.78, 5) is 17.7. The first-order valence-electron chi connectivity index (χ1n) is 2.28. The summed E-state index contributed by atoms with van der Waals surface area (Å²) in [5.74, 6) is 0. The predicted molar refractivity (Wildman–Crippen MR) is 27.5 cm³/mol. The second-order valence-corrected chi connectivity index (χ2v) is 2.81. The van der Waals surface area contributed by atoms with Gasteiger partial charge in [0, 0.05) is 0 Å². The van der Waals surface area contributed by atoms with Gasteiger partial charge >= 0.3 is 0 Å². The summed E-state index contributed by atoms with van der Waals surface area (Å²) in [5.41, 5.74) is 0. The van der Waals surface area contributed by atoms with Crippen molar-refractivity contribution in [3.8, 4) is 0 Å². The highest BCUT2D eigenvalue weighted by molar-refractivity contribution is 7.44. The molecule has 5 nitrogen and oxygen atoms in total. The second kappa shape index (κ2) is 3.29. The summed E-state index contributed by atoms with van der Waals surface area (Å²) in [7, 11) is -4.63. The molecule has 0 radical (unpaired) electrons. The van der Waals surface area contributed by atoms with E-state index in [1.165, 1.54) is 6.92 Å². The van der Waals surface area contributed by atoms with E-state index in [1.807, 2.05) is 0 Å². The minimum absolute atomic E-state index is 0.405. The lowest BCUT2D eigenvalue weighted by Crippen LogP contribution is -2.13. The van der Waals surface area contributed by atoms with Crippen LogP contribution in [0, 0.1) is 0 Å². The van der Waals surface area contributed by atoms with Crippen LogP contribution in [0.5, 0.6) is 0 Å². The summed E-state index contributed by atoms with van der Waals surface area (Å²) in [6.07, 6.45) is -0.889. The first kappa shape index (κ1) is 9.07. The van der Waals surface area contributed by atoms with Crippen LogP contribution in [0.15, 0.2) is 0 Å². The third-order valence-corrected chi connectivity index (χ3v) is 0.954. The molecule has 0 heterocycles. The van der Waals surface area contributed by atoms with E-state index < -0.39 is 20.5 Å². The number of rotatable bonds is 3. The van der Waals surface area contributed by atoms with Gasteiger partial charge in [0.05, 0.1) is 12.7 Å². The van der Waals surface area contributed by atoms with Crippen LogP contribution in [-0.4, -0.2) is 22.7 Å². The van der Waals surface area contributed by atoms with Crippen molar-refractivity contribution in [3.05, 3.63) is 0 Å². The van der Waals surface area contributed by atoms with Crippen LogP contribution >= 0.6 is 7.82 Å². The standard InChI is InChI=1S/C3H9O5P/c1-3(4)2-8-9(5,6)7/h3-4H,2H2,1H3,(H2,5,6,7)/p-1. The van der Waals surface area contributed by atoms with E-state index in [0.29, 0.717) is 0 Å². The Morgan fingerprint density at radius 1 is 1.89 bits per heavy atom. The largest absolute Gasteiger partial charge is 0.756 e. The number of aliphatic hydroxyl groups is 1. The number of phosphoric ester groups is 1. The Bertz CT molecular complexity index is 115. The molecule has 0 aliphatic rings. The molecular formula is C3H8O5P-. The number of phosphoric acid groups is 1. The Morgan fingerprint density at radius 2 is 2.33 bits per heavy atom. The molecule has 9 heavy (non-hydrogen) atoms. The van der Waals surface area contributed by atoms with Crippen molar-refractivity contribution >= 4 is 7.82 Å². The van der Waals surface area contributed by atoms with E-state index in [9.17, 15) is 9.46 Å². The quantitative estimate of drug-likeness (QED) is 0.502. The van der Waals surface area contributed by atoms with Crippen LogP contribution in [0.2, 0.25) is 0 Å². The van der Waals surface area contributed by atoms with Gasteiger partial charge in [-0.25, -0.2) is 0 Å². The summed E-state index contributed by atoms with van der Waals surface area (Å²) in [5, 5.41) is 8.42. The summed E-state index contributed by atoms with van der Waals surface area (Å²) >= 11 is 0. The molecule has 0 saturated carbocycles. The van der Waals surface area contributed by atoms with Gasteiger partial charge in [0.15, 0.2) is 0 Å². The maximum Gasteiger partial charge on any atom is 0.265 e. The van der Waals surface area contributed by atoms with E-state index in [0.717, 1.165) is 0 Å². The molecule has 2 atom stereocenters. The zero-order valence-corrected chi connectivity index (χ0v) is 5.75. The van der Waals surface area contributed by atoms with Crippen LogP contribution in [-0.2, 0) is 9.09 Å². The Hall–Kier alpha value is 0.0700. The fourth-order valence-corrected chi connectivity index (χ4v) is 0.606. The van der Waals surface area contributed by atoms with Gasteiger partial charge in [0.1, 0.15) is 0 Å². The van der Waals surface area contributed by atoms with E-state index in [4.69, 9.17) is 10.00 Å². The Kier molecular flexibility index (Phi) is 3.32. The highest BCUT2D eigenvalue weighted by Gasteiger charge is 2.03. The molecule has 0 saturated heterocycles. The molecule has 2 N–H and O–H groups in total. The summed E-state index contributed by atoms with van der Waals surface area (Å²) < 4.78 is 13.6. The normalized spacial score (nSPS) is 20.9. The Morgan fingerprint density at radius 3 is 2.44 bits per heavy atom. The van der Waals surface area contributed by atoms with Crippen molar-refractivity contribution in [2.24, 2.45) is 0 Å². The SMILES string of the molecule is CC(O)COP(=O)([O-])O. The zero-order chi connectivity index (χ0) is 7.49. The highest BCUT2D eigenvalue weighted by Crippen LogP contribution is 2.29. The Labute approximate surface area is 52.5 Å². The van der Waals surface area contributed by atoms with Gasteiger partial charge in [-0.2, -0.15) is 0 Å². The molecule has 2 unspecified atom stereocenters. The van der Waals surface area contributed by atoms with Gasteiger partial charge in [-0.15, -0.1) is 0 Å². The zero-order valence-electron chi connectivity index (χ0n) is 4.85. The molecule has 0 aliphatic carbocycles. The molecule has 0 aromatic rings. The fourth-order valence-electron chi connectivity index (χ4n) is 0.202. The van der Waals surface area contributed by atoms with Crippen LogP contribution in [0.4, 0.5) is 0 Å². The van der Waals surface area contributed by atoms with Crippen molar-refractivity contribution in [1.29, 1.82) is 0 Å². The minimum Gasteiger partial charge on any atom is -0.756 e. The average molecular weight is 155 g/mol. The third-order valence-electron chi connectivity index (χ3n) is 0.479. The lowest BCUT2D eigenvalue weighted by atomic mass is 10.5. The van der Waals surface area contributed by atoms with Gasteiger partial charge in [0.25, 0.3) is 7.82 Å². The number of aliphatic hydroxyl groups excluding tert-OH is 1. The van der Waals surface area contributed by atoms with Gasteiger partial charge in [-0.1, -0.05) is 0 Å². The lowest BCUT2D eigenvalue weighted by molar-refractivity contribution is -0.221. The van der Waals surface area contributed by atoms with Crippen molar-refractivity contribution in [2.45, 2.75) is 13.0 Å². The van der Waals surface area contributed by atoms with Gasteiger partial charge in [-0.05, 0) is 6.92 Å². The number of hydrogen-bond donors (Lipinski definition) is 2. The maximum absolute atomic E-state index is 9.79. The molecule has 0 aromatic heterocycles. The smallest absolute Gasteiger partial charge is 0.265 e. The molecule has 0 spiro atoms. The van der Waals surface area contributed by atoms with Crippen LogP contribution < -0.4 is 4.89 Å².